The second kappa shape index (κ2) is 17.0. The van der Waals surface area contributed by atoms with Gasteiger partial charge in [-0.3, -0.25) is 0 Å². The van der Waals surface area contributed by atoms with E-state index in [1.165, 1.54) is 0 Å². The van der Waals surface area contributed by atoms with Crippen LogP contribution < -0.4 is 17.0 Å². The molecule has 5 rings (SSSR count). The van der Waals surface area contributed by atoms with Gasteiger partial charge in [0.1, 0.15) is 18.3 Å². The molecule has 1 aliphatic heterocycles. The molecular weight excluding hydrogens is 618 g/mol. The molecule has 0 spiro atoms. The molecule has 0 saturated carbocycles. The molecule has 0 aliphatic carbocycles. The molecule has 4 aromatic carbocycles. The van der Waals surface area contributed by atoms with Crippen LogP contribution in [0.2, 0.25) is 0 Å². The van der Waals surface area contributed by atoms with Crippen molar-refractivity contribution in [3.05, 3.63) is 144 Å². The number of ether oxygens (including phenoxy) is 5. The number of rotatable bonds is 14. The van der Waals surface area contributed by atoms with E-state index in [4.69, 9.17) is 23.7 Å². The second-order valence-electron chi connectivity index (χ2n) is 12.0. The average Bonchev–Trinajstić information content (AvgIpc) is 3.03. The number of likely N-dealkylation sites (N-methyl/N-ethyl adjacent to an activating group) is 1. The standard InChI is InChI=1S/C37H44NO5.BrH/c1-38(2,3)34-36(41-26-31-20-12-6-13-21-31)35(40-25-30-18-10-5-11-19-30)33(28-39-24-29-16-8-4-9-17-29)43-37(34)42-27-32-22-14-7-15-23-32;/h4-23,33-37H,24-28H2,1-3H3;1H/q+1;/p-1/t33-,34-,35-,36-,37+;/m1./s1. The van der Waals surface area contributed by atoms with Crippen molar-refractivity contribution >= 4 is 0 Å². The van der Waals surface area contributed by atoms with Gasteiger partial charge in [-0.1, -0.05) is 121 Å². The van der Waals surface area contributed by atoms with Gasteiger partial charge < -0.3 is 45.1 Å². The molecule has 1 aliphatic rings. The Morgan fingerprint density at radius 1 is 0.523 bits per heavy atom. The third kappa shape index (κ3) is 9.81. The van der Waals surface area contributed by atoms with Gasteiger partial charge in [0, 0.05) is 0 Å². The molecule has 1 heterocycles. The van der Waals surface area contributed by atoms with E-state index in [9.17, 15) is 0 Å². The van der Waals surface area contributed by atoms with Crippen LogP contribution in [-0.2, 0) is 50.1 Å². The molecule has 0 amide bonds. The Morgan fingerprint density at radius 3 is 1.34 bits per heavy atom. The van der Waals surface area contributed by atoms with Crippen molar-refractivity contribution in [2.75, 3.05) is 27.7 Å². The fourth-order valence-electron chi connectivity index (χ4n) is 5.52. The summed E-state index contributed by atoms with van der Waals surface area (Å²) < 4.78 is 33.8. The molecule has 0 N–H and O–H groups in total. The molecule has 1 saturated heterocycles. The van der Waals surface area contributed by atoms with Crippen LogP contribution in [-0.4, -0.2) is 62.9 Å². The molecule has 1 fully saturated rings. The summed E-state index contributed by atoms with van der Waals surface area (Å²) in [6, 6.07) is 40.7. The van der Waals surface area contributed by atoms with Gasteiger partial charge in [0.05, 0.1) is 54.2 Å². The smallest absolute Gasteiger partial charge is 0.214 e. The van der Waals surface area contributed by atoms with Crippen LogP contribution in [0.15, 0.2) is 121 Å². The van der Waals surface area contributed by atoms with Gasteiger partial charge in [0.25, 0.3) is 0 Å². The lowest BCUT2D eigenvalue weighted by atomic mass is 9.94. The zero-order chi connectivity index (χ0) is 29.9. The normalized spacial score (nSPS) is 21.8. The number of halogens is 1. The number of nitrogens with zero attached hydrogens (tertiary/aromatic N) is 1. The fraction of sp³-hybridized carbons (Fsp3) is 0.351. The molecule has 7 heteroatoms. The minimum Gasteiger partial charge on any atom is -1.00 e. The van der Waals surface area contributed by atoms with E-state index in [0.717, 1.165) is 22.3 Å². The van der Waals surface area contributed by atoms with Gasteiger partial charge in [-0.2, -0.15) is 0 Å². The highest BCUT2D eigenvalue weighted by atomic mass is 79.9. The van der Waals surface area contributed by atoms with Crippen LogP contribution in [0.5, 0.6) is 0 Å². The van der Waals surface area contributed by atoms with Gasteiger partial charge in [0.2, 0.25) is 6.29 Å². The average molecular weight is 663 g/mol. The first kappa shape index (κ1) is 34.0. The molecule has 6 nitrogen and oxygen atoms in total. The Kier molecular flexibility index (Phi) is 13.1. The Labute approximate surface area is 272 Å². The maximum atomic E-state index is 6.83. The first-order valence-electron chi connectivity index (χ1n) is 15.0. The number of hydrogen-bond donors (Lipinski definition) is 0. The second-order valence-corrected chi connectivity index (χ2v) is 12.0. The first-order valence-corrected chi connectivity index (χ1v) is 15.0. The number of hydrogen-bond acceptors (Lipinski definition) is 5. The van der Waals surface area contributed by atoms with Crippen molar-refractivity contribution in [2.45, 2.75) is 57.1 Å². The zero-order valence-corrected chi connectivity index (χ0v) is 27.4. The molecule has 0 unspecified atom stereocenters. The van der Waals surface area contributed by atoms with Crippen LogP contribution in [0.25, 0.3) is 0 Å². The quantitative estimate of drug-likeness (QED) is 0.194. The fourth-order valence-corrected chi connectivity index (χ4v) is 5.52. The van der Waals surface area contributed by atoms with Gasteiger partial charge in [-0.05, 0) is 22.3 Å². The number of quaternary nitrogens is 1. The van der Waals surface area contributed by atoms with E-state index in [0.29, 0.717) is 37.5 Å². The van der Waals surface area contributed by atoms with E-state index in [1.807, 2.05) is 72.8 Å². The Bertz CT molecular complexity index is 1340. The largest absolute Gasteiger partial charge is 1.00 e. The van der Waals surface area contributed by atoms with Crippen molar-refractivity contribution in [3.63, 3.8) is 0 Å². The monoisotopic (exact) mass is 661 g/mol. The summed E-state index contributed by atoms with van der Waals surface area (Å²) in [6.07, 6.45) is -1.66. The third-order valence-electron chi connectivity index (χ3n) is 7.73. The molecule has 0 bridgehead atoms. The van der Waals surface area contributed by atoms with Gasteiger partial charge >= 0.3 is 0 Å². The highest BCUT2D eigenvalue weighted by Crippen LogP contribution is 2.33. The van der Waals surface area contributed by atoms with Crippen molar-refractivity contribution < 1.29 is 45.1 Å². The minimum absolute atomic E-state index is 0. The summed E-state index contributed by atoms with van der Waals surface area (Å²) in [5, 5.41) is 0. The summed E-state index contributed by atoms with van der Waals surface area (Å²) in [7, 11) is 6.48. The Balaban J connectivity index is 0.00000442. The van der Waals surface area contributed by atoms with Gasteiger partial charge in [-0.15, -0.1) is 0 Å². The molecule has 0 aromatic heterocycles. The van der Waals surface area contributed by atoms with Crippen LogP contribution in [0.4, 0.5) is 0 Å². The summed E-state index contributed by atoms with van der Waals surface area (Å²) in [5.74, 6) is 0. The van der Waals surface area contributed by atoms with Crippen LogP contribution in [0.1, 0.15) is 22.3 Å². The SMILES string of the molecule is C[N+](C)(C)[C@H]1[C@@H](OCc2ccccc2)O[C@H](COCc2ccccc2)[C@@H](OCc2ccccc2)[C@@H]1OCc1ccccc1.[Br-]. The topological polar surface area (TPSA) is 46.2 Å². The third-order valence-corrected chi connectivity index (χ3v) is 7.73. The lowest BCUT2D eigenvalue weighted by Gasteiger charge is -2.50. The predicted molar refractivity (Wildman–Crippen MR) is 168 cm³/mol. The van der Waals surface area contributed by atoms with Crippen LogP contribution in [0, 0.1) is 0 Å². The maximum Gasteiger partial charge on any atom is 0.214 e. The summed E-state index contributed by atoms with van der Waals surface area (Å²) >= 11 is 0. The maximum absolute atomic E-state index is 6.83. The zero-order valence-electron chi connectivity index (χ0n) is 25.8. The van der Waals surface area contributed by atoms with E-state index in [2.05, 4.69) is 69.7 Å². The minimum atomic E-state index is -0.539. The molecule has 0 radical (unpaired) electrons. The highest BCUT2D eigenvalue weighted by Gasteiger charge is 2.54. The van der Waals surface area contributed by atoms with E-state index in [1.54, 1.807) is 0 Å². The van der Waals surface area contributed by atoms with E-state index >= 15 is 0 Å². The lowest BCUT2D eigenvalue weighted by molar-refractivity contribution is -0.910. The van der Waals surface area contributed by atoms with Crippen LogP contribution in [0.3, 0.4) is 0 Å². The molecular formula is C37H44BrNO5. The van der Waals surface area contributed by atoms with Crippen molar-refractivity contribution in [2.24, 2.45) is 0 Å². The molecule has 5 atom stereocenters. The predicted octanol–water partition coefficient (Wildman–Crippen LogP) is 3.39. The number of benzene rings is 4. The molecule has 234 valence electrons. The van der Waals surface area contributed by atoms with Crippen molar-refractivity contribution in [1.29, 1.82) is 0 Å². The molecule has 4 aromatic rings. The Hall–Kier alpha value is -2.88. The van der Waals surface area contributed by atoms with E-state index in [-0.39, 0.29) is 29.1 Å². The highest BCUT2D eigenvalue weighted by molar-refractivity contribution is 5.16. The first-order chi connectivity index (χ1) is 21.0. The Morgan fingerprint density at radius 2 is 0.909 bits per heavy atom. The van der Waals surface area contributed by atoms with Crippen molar-refractivity contribution in [3.8, 4) is 0 Å². The van der Waals surface area contributed by atoms with Crippen LogP contribution >= 0.6 is 0 Å². The summed E-state index contributed by atoms with van der Waals surface area (Å²) in [5.41, 5.74) is 4.40. The summed E-state index contributed by atoms with van der Waals surface area (Å²) in [6.45, 7) is 2.15. The van der Waals surface area contributed by atoms with Gasteiger partial charge in [0.15, 0.2) is 6.04 Å². The molecule has 44 heavy (non-hydrogen) atoms. The van der Waals surface area contributed by atoms with Gasteiger partial charge in [-0.25, -0.2) is 0 Å². The van der Waals surface area contributed by atoms with E-state index < -0.39 is 18.5 Å². The lowest BCUT2D eigenvalue weighted by Crippen LogP contribution is -3.00. The summed E-state index contributed by atoms with van der Waals surface area (Å²) in [4.78, 5) is 0. The van der Waals surface area contributed by atoms with Crippen molar-refractivity contribution in [1.82, 2.24) is 0 Å².